The molecule has 328 valence electrons. The van der Waals surface area contributed by atoms with Crippen LogP contribution in [0.4, 0.5) is 17.1 Å². The van der Waals surface area contributed by atoms with Gasteiger partial charge < -0.3 is 9.47 Å². The Morgan fingerprint density at radius 2 is 0.629 bits per heavy atom. The molecule has 0 spiro atoms. The van der Waals surface area contributed by atoms with Gasteiger partial charge in [-0.2, -0.15) is 0 Å². The molecule has 0 atom stereocenters. The number of hydrogen-bond donors (Lipinski definition) is 0. The first-order chi connectivity index (χ1) is 34.7. The lowest BCUT2D eigenvalue weighted by atomic mass is 9.97. The minimum atomic E-state index is 1.09. The molecule has 12 aromatic carbocycles. The second-order valence-corrected chi connectivity index (χ2v) is 18.1. The Bertz CT molecular complexity index is 3970. The van der Waals surface area contributed by atoms with E-state index >= 15 is 0 Å². The summed E-state index contributed by atoms with van der Waals surface area (Å²) in [6.45, 7) is 0. The lowest BCUT2D eigenvalue weighted by Crippen LogP contribution is -2.09. The Balaban J connectivity index is 0.832. The Kier molecular flexibility index (Phi) is 10.2. The fraction of sp³-hybridized carbons (Fsp3) is 0. The second-order valence-electron chi connectivity index (χ2n) is 18.1. The molecule has 2 heteroatoms. The van der Waals surface area contributed by atoms with Crippen LogP contribution < -0.4 is 4.90 Å². The van der Waals surface area contributed by atoms with E-state index < -0.39 is 0 Å². The van der Waals surface area contributed by atoms with Crippen molar-refractivity contribution in [2.75, 3.05) is 4.90 Å². The van der Waals surface area contributed by atoms with Crippen LogP contribution in [0.2, 0.25) is 0 Å². The molecular formula is C68H46N2. The number of nitrogens with zero attached hydrogens (tertiary/aromatic N) is 2. The molecule has 13 rings (SSSR count). The van der Waals surface area contributed by atoms with Gasteiger partial charge in [-0.25, -0.2) is 0 Å². The first kappa shape index (κ1) is 41.0. The molecule has 0 saturated heterocycles. The van der Waals surface area contributed by atoms with Gasteiger partial charge in [0.15, 0.2) is 0 Å². The zero-order valence-corrected chi connectivity index (χ0v) is 38.5. The van der Waals surface area contributed by atoms with Gasteiger partial charge in [-0.1, -0.05) is 212 Å². The third-order valence-electron chi connectivity index (χ3n) is 14.0. The van der Waals surface area contributed by atoms with Crippen molar-refractivity contribution in [3.05, 3.63) is 279 Å². The van der Waals surface area contributed by atoms with Gasteiger partial charge in [-0.05, 0) is 138 Å². The summed E-state index contributed by atoms with van der Waals surface area (Å²) in [5.41, 5.74) is 18.8. The van der Waals surface area contributed by atoms with E-state index in [0.29, 0.717) is 0 Å². The van der Waals surface area contributed by atoms with Gasteiger partial charge >= 0.3 is 0 Å². The molecule has 1 aromatic heterocycles. The normalized spacial score (nSPS) is 11.4. The molecule has 0 aliphatic carbocycles. The van der Waals surface area contributed by atoms with Crippen molar-refractivity contribution >= 4 is 60.4 Å². The van der Waals surface area contributed by atoms with Gasteiger partial charge in [-0.15, -0.1) is 0 Å². The van der Waals surface area contributed by atoms with Crippen molar-refractivity contribution in [2.24, 2.45) is 0 Å². The minimum Gasteiger partial charge on any atom is -0.311 e. The fourth-order valence-corrected chi connectivity index (χ4v) is 10.5. The molecule has 70 heavy (non-hydrogen) atoms. The van der Waals surface area contributed by atoms with Crippen molar-refractivity contribution in [1.82, 2.24) is 4.57 Å². The molecule has 2 nitrogen and oxygen atoms in total. The third kappa shape index (κ3) is 7.40. The summed E-state index contributed by atoms with van der Waals surface area (Å²) in [7, 11) is 0. The quantitative estimate of drug-likeness (QED) is 0.140. The second kappa shape index (κ2) is 17.4. The van der Waals surface area contributed by atoms with Crippen molar-refractivity contribution in [2.45, 2.75) is 0 Å². The predicted molar refractivity (Wildman–Crippen MR) is 298 cm³/mol. The van der Waals surface area contributed by atoms with Gasteiger partial charge in [0, 0.05) is 33.4 Å². The number of anilines is 3. The average Bonchev–Trinajstić information content (AvgIpc) is 3.78. The van der Waals surface area contributed by atoms with Crippen LogP contribution in [0.5, 0.6) is 0 Å². The van der Waals surface area contributed by atoms with Crippen molar-refractivity contribution in [3.63, 3.8) is 0 Å². The van der Waals surface area contributed by atoms with E-state index in [1.165, 1.54) is 105 Å². The maximum atomic E-state index is 2.41. The number of para-hydroxylation sites is 3. The van der Waals surface area contributed by atoms with E-state index in [1.807, 2.05) is 0 Å². The summed E-state index contributed by atoms with van der Waals surface area (Å²) in [6, 6.07) is 102. The van der Waals surface area contributed by atoms with Gasteiger partial charge in [0.1, 0.15) is 0 Å². The summed E-state index contributed by atoms with van der Waals surface area (Å²) in [6.07, 6.45) is 0. The van der Waals surface area contributed by atoms with Crippen LogP contribution in [0, 0.1) is 0 Å². The van der Waals surface area contributed by atoms with E-state index in [2.05, 4.69) is 289 Å². The van der Waals surface area contributed by atoms with Gasteiger partial charge in [-0.3, -0.25) is 0 Å². The smallest absolute Gasteiger partial charge is 0.0541 e. The SMILES string of the molecule is c1cc(-c2ccc(N(c3ccc(-c4ccc(-c5ccccc5-n5c6ccccc6c6ccccc65)cc4)cc3)c3ccc(-c4cccc5ccccc45)cc3)cc2)cc(-c2ccc3ccccc3c2)c1. The largest absolute Gasteiger partial charge is 0.311 e. The molecule has 0 fully saturated rings. The highest BCUT2D eigenvalue weighted by atomic mass is 15.1. The van der Waals surface area contributed by atoms with Gasteiger partial charge in [0.05, 0.1) is 16.7 Å². The lowest BCUT2D eigenvalue weighted by Gasteiger charge is -2.26. The van der Waals surface area contributed by atoms with Crippen molar-refractivity contribution in [1.29, 1.82) is 0 Å². The Morgan fingerprint density at radius 3 is 1.29 bits per heavy atom. The zero-order valence-electron chi connectivity index (χ0n) is 38.5. The van der Waals surface area contributed by atoms with Crippen LogP contribution in [-0.4, -0.2) is 4.57 Å². The monoisotopic (exact) mass is 890 g/mol. The van der Waals surface area contributed by atoms with E-state index in [1.54, 1.807) is 0 Å². The van der Waals surface area contributed by atoms with Crippen LogP contribution in [0.25, 0.3) is 105 Å². The number of rotatable bonds is 9. The molecule has 0 aliphatic rings. The maximum absolute atomic E-state index is 2.41. The standard InChI is InChI=1S/C68H46N2/c1-2-15-54-46-57(32-29-47(54)13-1)56-18-11-17-55(45-56)50-35-41-59(42-36-50)69(60-43-37-52(38-44-60)62-23-12-16-51-14-3-4-19-61(51)62)58-39-33-49(34-40-58)48-27-30-53(31-28-48)63-20-5-8-24-66(63)70-67-25-9-6-21-64(67)65-22-7-10-26-68(65)70/h1-46H. The summed E-state index contributed by atoms with van der Waals surface area (Å²) >= 11 is 0. The average molecular weight is 891 g/mol. The maximum Gasteiger partial charge on any atom is 0.0541 e. The molecule has 13 aromatic rings. The summed E-state index contributed by atoms with van der Waals surface area (Å²) in [5.74, 6) is 0. The van der Waals surface area contributed by atoms with Crippen molar-refractivity contribution in [3.8, 4) is 61.3 Å². The highest BCUT2D eigenvalue weighted by Crippen LogP contribution is 2.41. The van der Waals surface area contributed by atoms with Crippen LogP contribution in [0.3, 0.4) is 0 Å². The predicted octanol–water partition coefficient (Wildman–Crippen LogP) is 18.9. The van der Waals surface area contributed by atoms with E-state index in [9.17, 15) is 0 Å². The van der Waals surface area contributed by atoms with Crippen LogP contribution in [-0.2, 0) is 0 Å². The van der Waals surface area contributed by atoms with Crippen LogP contribution in [0.1, 0.15) is 0 Å². The first-order valence-electron chi connectivity index (χ1n) is 24.1. The molecule has 0 amide bonds. The molecular weight excluding hydrogens is 845 g/mol. The van der Waals surface area contributed by atoms with Crippen LogP contribution >= 0.6 is 0 Å². The van der Waals surface area contributed by atoms with Gasteiger partial charge in [0.25, 0.3) is 0 Å². The van der Waals surface area contributed by atoms with Crippen LogP contribution in [0.15, 0.2) is 279 Å². The highest BCUT2D eigenvalue weighted by Gasteiger charge is 2.17. The van der Waals surface area contributed by atoms with Gasteiger partial charge in [0.2, 0.25) is 0 Å². The number of aromatic nitrogens is 1. The highest BCUT2D eigenvalue weighted by molar-refractivity contribution is 6.10. The zero-order chi connectivity index (χ0) is 46.4. The van der Waals surface area contributed by atoms with E-state index in [4.69, 9.17) is 0 Å². The third-order valence-corrected chi connectivity index (χ3v) is 14.0. The molecule has 0 saturated carbocycles. The molecule has 0 aliphatic heterocycles. The number of fused-ring (bicyclic) bond motifs is 5. The Morgan fingerprint density at radius 1 is 0.229 bits per heavy atom. The van der Waals surface area contributed by atoms with E-state index in [-0.39, 0.29) is 0 Å². The Labute approximate surface area is 408 Å². The molecule has 0 radical (unpaired) electrons. The number of hydrogen-bond acceptors (Lipinski definition) is 1. The minimum absolute atomic E-state index is 1.09. The first-order valence-corrected chi connectivity index (χ1v) is 24.1. The van der Waals surface area contributed by atoms with E-state index in [0.717, 1.165) is 17.1 Å². The molecule has 0 bridgehead atoms. The topological polar surface area (TPSA) is 8.17 Å². The number of benzene rings is 12. The lowest BCUT2D eigenvalue weighted by molar-refractivity contribution is 1.18. The molecule has 1 heterocycles. The summed E-state index contributed by atoms with van der Waals surface area (Å²) < 4.78 is 2.41. The fourth-order valence-electron chi connectivity index (χ4n) is 10.5. The molecule has 0 unspecified atom stereocenters. The Hall–Kier alpha value is -9.24. The molecule has 0 N–H and O–H groups in total. The van der Waals surface area contributed by atoms with Crippen molar-refractivity contribution < 1.29 is 0 Å². The summed E-state index contributed by atoms with van der Waals surface area (Å²) in [5, 5.41) is 7.53. The summed E-state index contributed by atoms with van der Waals surface area (Å²) in [4.78, 5) is 2.36.